The highest BCUT2D eigenvalue weighted by molar-refractivity contribution is 7.09. The van der Waals surface area contributed by atoms with Gasteiger partial charge in [0.15, 0.2) is 0 Å². The Labute approximate surface area is 121 Å². The fourth-order valence-electron chi connectivity index (χ4n) is 1.66. The zero-order valence-corrected chi connectivity index (χ0v) is 11.9. The Morgan fingerprint density at radius 2 is 2.20 bits per heavy atom. The topological polar surface area (TPSA) is 66.3 Å². The molecule has 0 aromatic carbocycles. The second-order valence-corrected chi connectivity index (χ2v) is 5.11. The van der Waals surface area contributed by atoms with Crippen molar-refractivity contribution in [1.29, 1.82) is 0 Å². The van der Waals surface area contributed by atoms with Gasteiger partial charge in [0.05, 0.1) is 6.54 Å². The predicted molar refractivity (Wildman–Crippen MR) is 79.7 cm³/mol. The van der Waals surface area contributed by atoms with Crippen molar-refractivity contribution < 1.29 is 9.90 Å². The van der Waals surface area contributed by atoms with Crippen molar-refractivity contribution in [2.45, 2.75) is 13.5 Å². The maximum atomic E-state index is 10.4. The Hall–Kier alpha value is -2.21. The van der Waals surface area contributed by atoms with E-state index in [1.165, 1.54) is 11.0 Å². The lowest BCUT2D eigenvalue weighted by Gasteiger charge is -2.19. The van der Waals surface area contributed by atoms with Gasteiger partial charge in [0.1, 0.15) is 0 Å². The predicted octanol–water partition coefficient (Wildman–Crippen LogP) is 2.66. The van der Waals surface area contributed by atoms with Crippen molar-refractivity contribution in [3.8, 4) is 0 Å². The number of rotatable bonds is 6. The zero-order chi connectivity index (χ0) is 14.4. The summed E-state index contributed by atoms with van der Waals surface area (Å²) in [6, 6.07) is 4.10. The highest BCUT2D eigenvalue weighted by Crippen LogP contribution is 2.16. The molecule has 0 fully saturated rings. The van der Waals surface area contributed by atoms with Gasteiger partial charge in [-0.25, -0.2) is 14.8 Å². The van der Waals surface area contributed by atoms with Crippen LogP contribution < -0.4 is 4.90 Å². The molecule has 2 aromatic heterocycles. The Balaban J connectivity index is 2.09. The van der Waals surface area contributed by atoms with Crippen LogP contribution in [0.15, 0.2) is 36.0 Å². The highest BCUT2D eigenvalue weighted by atomic mass is 32.1. The van der Waals surface area contributed by atoms with Crippen LogP contribution in [0.4, 0.5) is 5.95 Å². The normalized spacial score (nSPS) is 10.8. The largest absolute Gasteiger partial charge is 0.478 e. The summed E-state index contributed by atoms with van der Waals surface area (Å²) in [5.74, 6) is -0.338. The Bertz CT molecular complexity index is 579. The summed E-state index contributed by atoms with van der Waals surface area (Å²) in [5, 5.41) is 10.6. The molecular formula is C14H15N3O2S. The minimum atomic E-state index is -0.984. The second-order valence-electron chi connectivity index (χ2n) is 4.08. The minimum absolute atomic E-state index is 0.647. The van der Waals surface area contributed by atoms with Crippen LogP contribution in [-0.4, -0.2) is 27.6 Å². The van der Waals surface area contributed by atoms with Gasteiger partial charge < -0.3 is 10.0 Å². The zero-order valence-electron chi connectivity index (χ0n) is 11.1. The van der Waals surface area contributed by atoms with Crippen molar-refractivity contribution in [2.24, 2.45) is 0 Å². The number of aliphatic carboxylic acids is 1. The molecular weight excluding hydrogens is 274 g/mol. The number of aromatic nitrogens is 2. The van der Waals surface area contributed by atoms with Crippen molar-refractivity contribution >= 4 is 29.3 Å². The van der Waals surface area contributed by atoms with E-state index in [0.717, 1.165) is 19.2 Å². The van der Waals surface area contributed by atoms with E-state index in [9.17, 15) is 4.79 Å². The maximum Gasteiger partial charge on any atom is 0.328 e. The molecule has 0 bridgehead atoms. The first-order chi connectivity index (χ1) is 9.69. The van der Waals surface area contributed by atoms with Gasteiger partial charge in [0.25, 0.3) is 0 Å². The van der Waals surface area contributed by atoms with E-state index in [1.54, 1.807) is 23.7 Å². The lowest BCUT2D eigenvalue weighted by atomic mass is 10.3. The molecule has 104 valence electrons. The molecule has 5 nitrogen and oxygen atoms in total. The third-order valence-electron chi connectivity index (χ3n) is 2.67. The van der Waals surface area contributed by atoms with Gasteiger partial charge in [-0.3, -0.25) is 0 Å². The molecule has 2 heterocycles. The molecule has 1 N–H and O–H groups in total. The molecule has 2 aromatic rings. The number of carbonyl (C=O) groups is 1. The van der Waals surface area contributed by atoms with Crippen molar-refractivity contribution in [3.63, 3.8) is 0 Å². The molecule has 20 heavy (non-hydrogen) atoms. The molecule has 0 saturated carbocycles. The van der Waals surface area contributed by atoms with Gasteiger partial charge in [-0.05, 0) is 24.4 Å². The monoisotopic (exact) mass is 289 g/mol. The lowest BCUT2D eigenvalue weighted by molar-refractivity contribution is -0.131. The summed E-state index contributed by atoms with van der Waals surface area (Å²) in [6.07, 6.45) is 5.79. The first-order valence-electron chi connectivity index (χ1n) is 6.19. The molecule has 0 aliphatic heterocycles. The molecule has 6 heteroatoms. The Morgan fingerprint density at radius 1 is 1.45 bits per heavy atom. The smallest absolute Gasteiger partial charge is 0.328 e. The average molecular weight is 289 g/mol. The van der Waals surface area contributed by atoms with Crippen LogP contribution in [0.1, 0.15) is 17.4 Å². The molecule has 2 rings (SSSR count). The van der Waals surface area contributed by atoms with Gasteiger partial charge >= 0.3 is 5.97 Å². The SMILES string of the molecule is CCN(Cc1cccs1)c1ncc(/C=C/C(=O)O)cn1. The van der Waals surface area contributed by atoms with E-state index >= 15 is 0 Å². The number of thiophene rings is 1. The summed E-state index contributed by atoms with van der Waals surface area (Å²) < 4.78 is 0. The van der Waals surface area contributed by atoms with Crippen LogP contribution in [0.2, 0.25) is 0 Å². The van der Waals surface area contributed by atoms with Crippen molar-refractivity contribution in [2.75, 3.05) is 11.4 Å². The molecule has 0 amide bonds. The third-order valence-corrected chi connectivity index (χ3v) is 3.53. The van der Waals surface area contributed by atoms with E-state index < -0.39 is 5.97 Å². The molecule has 0 spiro atoms. The van der Waals surface area contributed by atoms with Crippen LogP contribution in [0.3, 0.4) is 0 Å². The van der Waals surface area contributed by atoms with Crippen LogP contribution in [0.25, 0.3) is 6.08 Å². The van der Waals surface area contributed by atoms with Gasteiger partial charge in [-0.2, -0.15) is 0 Å². The molecule has 0 aliphatic carbocycles. The van der Waals surface area contributed by atoms with Gasteiger partial charge in [-0.15, -0.1) is 11.3 Å². The highest BCUT2D eigenvalue weighted by Gasteiger charge is 2.08. The molecule has 0 unspecified atom stereocenters. The first-order valence-corrected chi connectivity index (χ1v) is 7.07. The maximum absolute atomic E-state index is 10.4. The Morgan fingerprint density at radius 3 is 2.75 bits per heavy atom. The second kappa shape index (κ2) is 6.81. The van der Waals surface area contributed by atoms with Crippen molar-refractivity contribution in [3.05, 3.63) is 46.4 Å². The molecule has 0 aliphatic rings. The summed E-state index contributed by atoms with van der Waals surface area (Å²) in [7, 11) is 0. The van der Waals surface area contributed by atoms with Gasteiger partial charge in [-0.1, -0.05) is 6.07 Å². The lowest BCUT2D eigenvalue weighted by Crippen LogP contribution is -2.23. The summed E-state index contributed by atoms with van der Waals surface area (Å²) in [5.41, 5.74) is 0.670. The Kier molecular flexibility index (Phi) is 4.84. The average Bonchev–Trinajstić information content (AvgIpc) is 2.96. The summed E-state index contributed by atoms with van der Waals surface area (Å²) >= 11 is 1.70. The van der Waals surface area contributed by atoms with Crippen LogP contribution in [-0.2, 0) is 11.3 Å². The van der Waals surface area contributed by atoms with Gasteiger partial charge in [0, 0.05) is 35.5 Å². The van der Waals surface area contributed by atoms with E-state index in [4.69, 9.17) is 5.11 Å². The van der Waals surface area contributed by atoms with Crippen molar-refractivity contribution in [1.82, 2.24) is 9.97 Å². The number of hydrogen-bond donors (Lipinski definition) is 1. The third kappa shape index (κ3) is 3.89. The number of nitrogens with zero attached hydrogens (tertiary/aromatic N) is 3. The van der Waals surface area contributed by atoms with E-state index in [-0.39, 0.29) is 0 Å². The quantitative estimate of drug-likeness (QED) is 0.828. The first kappa shape index (κ1) is 14.2. The van der Waals surface area contributed by atoms with E-state index in [2.05, 4.69) is 27.9 Å². The van der Waals surface area contributed by atoms with Crippen LogP contribution in [0.5, 0.6) is 0 Å². The van der Waals surface area contributed by atoms with Gasteiger partial charge in [0.2, 0.25) is 5.95 Å². The number of carboxylic acids is 1. The van der Waals surface area contributed by atoms with E-state index in [0.29, 0.717) is 11.5 Å². The number of hydrogen-bond acceptors (Lipinski definition) is 5. The standard InChI is InChI=1S/C14H15N3O2S/c1-2-17(10-12-4-3-7-20-12)14-15-8-11(9-16-14)5-6-13(18)19/h3-9H,2,10H2,1H3,(H,18,19)/b6-5+. The number of carboxylic acid groups (broad SMARTS) is 1. The molecule has 0 saturated heterocycles. The fraction of sp³-hybridized carbons (Fsp3) is 0.214. The van der Waals surface area contributed by atoms with Crippen LogP contribution >= 0.6 is 11.3 Å². The van der Waals surface area contributed by atoms with E-state index in [1.807, 2.05) is 11.4 Å². The number of anilines is 1. The summed E-state index contributed by atoms with van der Waals surface area (Å²) in [4.78, 5) is 22.3. The molecule has 0 radical (unpaired) electrons. The summed E-state index contributed by atoms with van der Waals surface area (Å²) in [6.45, 7) is 3.63. The van der Waals surface area contributed by atoms with Crippen LogP contribution in [0, 0.1) is 0 Å². The fourth-order valence-corrected chi connectivity index (χ4v) is 2.38. The molecule has 0 atom stereocenters. The minimum Gasteiger partial charge on any atom is -0.478 e.